The van der Waals surface area contributed by atoms with Crippen molar-refractivity contribution in [2.24, 2.45) is 5.73 Å². The zero-order valence-corrected chi connectivity index (χ0v) is 15.3. The lowest BCUT2D eigenvalue weighted by Crippen LogP contribution is -2.52. The smallest absolute Gasteiger partial charge is 0.315 e. The van der Waals surface area contributed by atoms with E-state index in [1.165, 1.54) is 17.0 Å². The van der Waals surface area contributed by atoms with Gasteiger partial charge in [0.2, 0.25) is 5.91 Å². The molecule has 1 aliphatic rings. The number of amides is 4. The van der Waals surface area contributed by atoms with Crippen LogP contribution in [0.2, 0.25) is 0 Å². The van der Waals surface area contributed by atoms with Gasteiger partial charge in [-0.2, -0.15) is 0 Å². The minimum atomic E-state index is -1.02. The van der Waals surface area contributed by atoms with Crippen molar-refractivity contribution in [1.29, 1.82) is 0 Å². The van der Waals surface area contributed by atoms with Crippen molar-refractivity contribution < 1.29 is 23.5 Å². The van der Waals surface area contributed by atoms with E-state index in [9.17, 15) is 18.8 Å². The molecule has 9 nitrogen and oxygen atoms in total. The maximum Gasteiger partial charge on any atom is 0.315 e. The average Bonchev–Trinajstić information content (AvgIpc) is 2.61. The van der Waals surface area contributed by atoms with Crippen molar-refractivity contribution in [3.8, 4) is 0 Å². The summed E-state index contributed by atoms with van der Waals surface area (Å²) in [6, 6.07) is 2.36. The quantitative estimate of drug-likeness (QED) is 0.559. The van der Waals surface area contributed by atoms with E-state index in [2.05, 4.69) is 16.0 Å². The number of rotatable bonds is 6. The molecule has 0 unspecified atom stereocenters. The summed E-state index contributed by atoms with van der Waals surface area (Å²) < 4.78 is 19.4. The van der Waals surface area contributed by atoms with E-state index >= 15 is 0 Å². The molecule has 1 fully saturated rings. The van der Waals surface area contributed by atoms with Crippen LogP contribution in [-0.4, -0.2) is 56.2 Å². The number of nitrogens with one attached hydrogen (secondary N) is 3. The molecule has 1 aromatic carbocycles. The number of benzene rings is 1. The van der Waals surface area contributed by atoms with Gasteiger partial charge in [0.1, 0.15) is 18.5 Å². The van der Waals surface area contributed by atoms with Gasteiger partial charge in [0.25, 0.3) is 5.91 Å². The van der Waals surface area contributed by atoms with Crippen LogP contribution in [0.25, 0.3) is 0 Å². The van der Waals surface area contributed by atoms with Gasteiger partial charge in [0, 0.05) is 24.8 Å². The van der Waals surface area contributed by atoms with E-state index in [0.717, 1.165) is 6.07 Å². The normalized spacial score (nSPS) is 15.4. The molecule has 0 saturated carbocycles. The standard InChI is InChI=1S/C17H24FN5O4/c1-10(2)20-17(26)22-14(8-19)16(25)21-13-4-3-11(7-12(13)18)23-5-6-27-9-15(23)24/h3-4,7,10,14H,5-6,8-9,19H2,1-2H3,(H,21,25)(H2,20,22,26)/t14-/m1/s1. The topological polar surface area (TPSA) is 126 Å². The molecule has 2 rings (SSSR count). The summed E-state index contributed by atoms with van der Waals surface area (Å²) in [6.07, 6.45) is 0. The molecule has 10 heteroatoms. The van der Waals surface area contributed by atoms with Crippen LogP contribution in [0.15, 0.2) is 18.2 Å². The molecule has 0 aromatic heterocycles. The van der Waals surface area contributed by atoms with E-state index in [0.29, 0.717) is 18.8 Å². The van der Waals surface area contributed by atoms with E-state index in [1.807, 2.05) is 0 Å². The summed E-state index contributed by atoms with van der Waals surface area (Å²) in [5.74, 6) is -1.62. The number of nitrogens with two attached hydrogens (primary N) is 1. The van der Waals surface area contributed by atoms with E-state index in [4.69, 9.17) is 10.5 Å². The Balaban J connectivity index is 2.04. The molecular weight excluding hydrogens is 357 g/mol. The first-order chi connectivity index (χ1) is 12.8. The molecular formula is C17H24FN5O4. The fourth-order valence-corrected chi connectivity index (χ4v) is 2.48. The molecule has 5 N–H and O–H groups in total. The minimum Gasteiger partial charge on any atom is -0.370 e. The van der Waals surface area contributed by atoms with Gasteiger partial charge in [-0.1, -0.05) is 0 Å². The molecule has 1 saturated heterocycles. The number of hydrogen-bond acceptors (Lipinski definition) is 5. The van der Waals surface area contributed by atoms with Crippen LogP contribution in [0, 0.1) is 5.82 Å². The Labute approximate surface area is 156 Å². The second-order valence-electron chi connectivity index (χ2n) is 6.31. The molecule has 0 bridgehead atoms. The van der Waals surface area contributed by atoms with Crippen molar-refractivity contribution in [3.63, 3.8) is 0 Å². The Hall–Kier alpha value is -2.72. The lowest BCUT2D eigenvalue weighted by Gasteiger charge is -2.27. The van der Waals surface area contributed by atoms with Crippen LogP contribution in [-0.2, 0) is 14.3 Å². The largest absolute Gasteiger partial charge is 0.370 e. The van der Waals surface area contributed by atoms with Gasteiger partial charge < -0.3 is 31.3 Å². The number of carbonyl (C=O) groups is 3. The number of nitrogens with zero attached hydrogens (tertiary/aromatic N) is 1. The first-order valence-electron chi connectivity index (χ1n) is 8.57. The summed E-state index contributed by atoms with van der Waals surface area (Å²) in [7, 11) is 0. The van der Waals surface area contributed by atoms with Crippen LogP contribution in [0.1, 0.15) is 13.8 Å². The van der Waals surface area contributed by atoms with Gasteiger partial charge in [-0.3, -0.25) is 9.59 Å². The van der Waals surface area contributed by atoms with Crippen LogP contribution in [0.3, 0.4) is 0 Å². The molecule has 0 radical (unpaired) electrons. The highest BCUT2D eigenvalue weighted by Crippen LogP contribution is 2.23. The number of anilines is 2. The summed E-state index contributed by atoms with van der Waals surface area (Å²) in [5.41, 5.74) is 5.83. The van der Waals surface area contributed by atoms with Gasteiger partial charge in [-0.15, -0.1) is 0 Å². The Morgan fingerprint density at radius 2 is 2.07 bits per heavy atom. The van der Waals surface area contributed by atoms with Gasteiger partial charge in [-0.05, 0) is 32.0 Å². The highest BCUT2D eigenvalue weighted by molar-refractivity contribution is 5.98. The third-order valence-corrected chi connectivity index (χ3v) is 3.79. The summed E-state index contributed by atoms with van der Waals surface area (Å²) >= 11 is 0. The summed E-state index contributed by atoms with van der Waals surface area (Å²) in [6.45, 7) is 4.03. The number of urea groups is 1. The maximum atomic E-state index is 14.4. The highest BCUT2D eigenvalue weighted by atomic mass is 19.1. The summed E-state index contributed by atoms with van der Waals surface area (Å²) in [4.78, 5) is 37.2. The number of carbonyl (C=O) groups excluding carboxylic acids is 3. The lowest BCUT2D eigenvalue weighted by molar-refractivity contribution is -0.125. The lowest BCUT2D eigenvalue weighted by atomic mass is 10.2. The van der Waals surface area contributed by atoms with Gasteiger partial charge >= 0.3 is 6.03 Å². The Bertz CT molecular complexity index is 713. The predicted molar refractivity (Wildman–Crippen MR) is 97.8 cm³/mol. The predicted octanol–water partition coefficient (Wildman–Crippen LogP) is 0.162. The molecule has 0 aliphatic carbocycles. The van der Waals surface area contributed by atoms with Crippen LogP contribution in [0.4, 0.5) is 20.6 Å². The fraction of sp³-hybridized carbons (Fsp3) is 0.471. The first kappa shape index (κ1) is 20.6. The zero-order chi connectivity index (χ0) is 20.0. The number of ether oxygens (including phenoxy) is 1. The molecule has 0 spiro atoms. The maximum absolute atomic E-state index is 14.4. The molecule has 1 aromatic rings. The van der Waals surface area contributed by atoms with Gasteiger partial charge in [-0.25, -0.2) is 9.18 Å². The van der Waals surface area contributed by atoms with E-state index < -0.39 is 23.8 Å². The highest BCUT2D eigenvalue weighted by Gasteiger charge is 2.23. The third-order valence-electron chi connectivity index (χ3n) is 3.79. The molecule has 27 heavy (non-hydrogen) atoms. The van der Waals surface area contributed by atoms with Crippen molar-refractivity contribution >= 4 is 29.2 Å². The Kier molecular flexibility index (Phi) is 7.08. The van der Waals surface area contributed by atoms with Crippen molar-refractivity contribution in [2.45, 2.75) is 25.9 Å². The van der Waals surface area contributed by atoms with Crippen LogP contribution >= 0.6 is 0 Å². The van der Waals surface area contributed by atoms with Crippen molar-refractivity contribution in [2.75, 3.05) is 36.5 Å². The van der Waals surface area contributed by atoms with Gasteiger partial charge in [0.05, 0.1) is 12.3 Å². The van der Waals surface area contributed by atoms with Crippen molar-refractivity contribution in [1.82, 2.24) is 10.6 Å². The van der Waals surface area contributed by atoms with E-state index in [1.54, 1.807) is 13.8 Å². The first-order valence-corrected chi connectivity index (χ1v) is 8.57. The van der Waals surface area contributed by atoms with Crippen molar-refractivity contribution in [3.05, 3.63) is 24.0 Å². The number of morpholine rings is 1. The number of hydrogen-bond donors (Lipinski definition) is 4. The monoisotopic (exact) mass is 381 g/mol. The second-order valence-corrected chi connectivity index (χ2v) is 6.31. The van der Waals surface area contributed by atoms with Crippen LogP contribution < -0.4 is 26.6 Å². The second kappa shape index (κ2) is 9.28. The number of halogens is 1. The van der Waals surface area contributed by atoms with Crippen LogP contribution in [0.5, 0.6) is 0 Å². The van der Waals surface area contributed by atoms with Gasteiger partial charge in [0.15, 0.2) is 0 Å². The minimum absolute atomic E-state index is 0.0532. The zero-order valence-electron chi connectivity index (χ0n) is 15.3. The molecule has 4 amide bonds. The molecule has 1 heterocycles. The SMILES string of the molecule is CC(C)NC(=O)N[C@H](CN)C(=O)Nc1ccc(N2CCOCC2=O)cc1F. The molecule has 1 atom stereocenters. The molecule has 1 aliphatic heterocycles. The Morgan fingerprint density at radius 3 is 2.67 bits per heavy atom. The summed E-state index contributed by atoms with van der Waals surface area (Å²) in [5, 5.41) is 7.41. The van der Waals surface area contributed by atoms with E-state index in [-0.39, 0.29) is 30.8 Å². The molecule has 148 valence electrons. The fourth-order valence-electron chi connectivity index (χ4n) is 2.48. The Morgan fingerprint density at radius 1 is 1.33 bits per heavy atom. The average molecular weight is 381 g/mol. The third kappa shape index (κ3) is 5.63.